The molecule has 6 nitrogen and oxygen atoms in total. The van der Waals surface area contributed by atoms with E-state index in [4.69, 9.17) is 4.42 Å². The molecule has 114 valence electrons. The van der Waals surface area contributed by atoms with Crippen LogP contribution in [-0.2, 0) is 4.79 Å². The molecule has 0 spiro atoms. The Balaban J connectivity index is 1.78. The van der Waals surface area contributed by atoms with Gasteiger partial charge in [0.15, 0.2) is 4.67 Å². The van der Waals surface area contributed by atoms with Gasteiger partial charge in [0.25, 0.3) is 11.8 Å². The lowest BCUT2D eigenvalue weighted by Crippen LogP contribution is -2.34. The second-order valence-electron chi connectivity index (χ2n) is 4.49. The molecule has 0 fully saturated rings. The van der Waals surface area contributed by atoms with Crippen LogP contribution in [0.5, 0.6) is 0 Å². The van der Waals surface area contributed by atoms with Crippen LogP contribution in [0.1, 0.15) is 21.7 Å². The fraction of sp³-hybridized carbons (Fsp3) is 0.133. The molecule has 0 aliphatic heterocycles. The summed E-state index contributed by atoms with van der Waals surface area (Å²) < 4.78 is 5.75. The molecule has 0 aliphatic rings. The standard InChI is InChI=1S/C15H14BrN3O3/c1-10-3-2-4-11(7-10)15(21)17-9-14(20)19-18-8-12-5-6-13(16)22-12/h2-8H,9H2,1H3,(H,17,21)(H,19,20). The number of carbonyl (C=O) groups excluding carboxylic acids is 2. The normalized spacial score (nSPS) is 10.6. The molecule has 0 saturated heterocycles. The minimum absolute atomic E-state index is 0.161. The highest BCUT2D eigenvalue weighted by atomic mass is 79.9. The summed E-state index contributed by atoms with van der Waals surface area (Å²) in [5, 5.41) is 6.25. The monoisotopic (exact) mass is 363 g/mol. The summed E-state index contributed by atoms with van der Waals surface area (Å²) in [6, 6.07) is 10.5. The molecule has 0 aliphatic carbocycles. The van der Waals surface area contributed by atoms with Gasteiger partial charge in [0.1, 0.15) is 5.76 Å². The molecular formula is C15H14BrN3O3. The van der Waals surface area contributed by atoms with E-state index in [9.17, 15) is 9.59 Å². The third-order valence-corrected chi connectivity index (χ3v) is 3.09. The third-order valence-electron chi connectivity index (χ3n) is 2.66. The second-order valence-corrected chi connectivity index (χ2v) is 5.27. The van der Waals surface area contributed by atoms with E-state index in [0.717, 1.165) is 5.56 Å². The van der Waals surface area contributed by atoms with Crippen LogP contribution in [-0.4, -0.2) is 24.6 Å². The molecule has 1 aromatic carbocycles. The maximum Gasteiger partial charge on any atom is 0.259 e. The zero-order valence-corrected chi connectivity index (χ0v) is 13.4. The predicted molar refractivity (Wildman–Crippen MR) is 85.7 cm³/mol. The first-order valence-electron chi connectivity index (χ1n) is 6.47. The van der Waals surface area contributed by atoms with Crippen molar-refractivity contribution in [3.63, 3.8) is 0 Å². The van der Waals surface area contributed by atoms with Gasteiger partial charge >= 0.3 is 0 Å². The van der Waals surface area contributed by atoms with Crippen LogP contribution in [0, 0.1) is 6.92 Å². The summed E-state index contributed by atoms with van der Waals surface area (Å²) in [7, 11) is 0. The molecule has 2 rings (SSSR count). The Morgan fingerprint density at radius 3 is 2.82 bits per heavy atom. The first-order chi connectivity index (χ1) is 10.5. The topological polar surface area (TPSA) is 83.7 Å². The second kappa shape index (κ2) is 7.56. The predicted octanol–water partition coefficient (Wildman–Crippen LogP) is 2.23. The van der Waals surface area contributed by atoms with E-state index in [1.807, 2.05) is 13.0 Å². The number of nitrogens with one attached hydrogen (secondary N) is 2. The smallest absolute Gasteiger partial charge is 0.259 e. The summed E-state index contributed by atoms with van der Waals surface area (Å²) in [6.45, 7) is 1.73. The van der Waals surface area contributed by atoms with Crippen LogP contribution < -0.4 is 10.7 Å². The lowest BCUT2D eigenvalue weighted by Gasteiger charge is -2.04. The molecule has 2 aromatic rings. The third kappa shape index (κ3) is 4.85. The lowest BCUT2D eigenvalue weighted by atomic mass is 10.1. The van der Waals surface area contributed by atoms with E-state index in [1.165, 1.54) is 6.21 Å². The van der Waals surface area contributed by atoms with Gasteiger partial charge in [0.05, 0.1) is 12.8 Å². The maximum atomic E-state index is 11.8. The Bertz CT molecular complexity index is 710. The van der Waals surface area contributed by atoms with Crippen molar-refractivity contribution in [1.82, 2.24) is 10.7 Å². The number of hydrogen-bond acceptors (Lipinski definition) is 4. The molecule has 0 saturated carbocycles. The fourth-order valence-electron chi connectivity index (χ4n) is 1.65. The highest BCUT2D eigenvalue weighted by Crippen LogP contribution is 2.11. The van der Waals surface area contributed by atoms with Crippen molar-refractivity contribution in [1.29, 1.82) is 0 Å². The molecule has 1 heterocycles. The average molecular weight is 364 g/mol. The number of furan rings is 1. The number of hydrazone groups is 1. The van der Waals surface area contributed by atoms with E-state index in [2.05, 4.69) is 31.8 Å². The minimum atomic E-state index is -0.428. The van der Waals surface area contributed by atoms with Gasteiger partial charge in [-0.05, 0) is 47.1 Å². The Labute approximate surface area is 135 Å². The van der Waals surface area contributed by atoms with E-state index in [-0.39, 0.29) is 12.5 Å². The van der Waals surface area contributed by atoms with Gasteiger partial charge in [-0.2, -0.15) is 5.10 Å². The Kier molecular flexibility index (Phi) is 5.48. The zero-order valence-electron chi connectivity index (χ0n) is 11.8. The van der Waals surface area contributed by atoms with E-state index >= 15 is 0 Å². The van der Waals surface area contributed by atoms with Gasteiger partial charge in [-0.15, -0.1) is 0 Å². The van der Waals surface area contributed by atoms with E-state index < -0.39 is 5.91 Å². The van der Waals surface area contributed by atoms with Gasteiger partial charge < -0.3 is 9.73 Å². The highest BCUT2D eigenvalue weighted by Gasteiger charge is 2.07. The molecule has 2 N–H and O–H groups in total. The summed E-state index contributed by atoms with van der Waals surface area (Å²) in [6.07, 6.45) is 1.37. The maximum absolute atomic E-state index is 11.8. The molecular weight excluding hydrogens is 350 g/mol. The van der Waals surface area contributed by atoms with Gasteiger partial charge in [0, 0.05) is 5.56 Å². The van der Waals surface area contributed by atoms with Gasteiger partial charge in [-0.3, -0.25) is 9.59 Å². The Hall–Kier alpha value is -2.41. The SMILES string of the molecule is Cc1cccc(C(=O)NCC(=O)NN=Cc2ccc(Br)o2)c1. The largest absolute Gasteiger partial charge is 0.448 e. The number of rotatable bonds is 5. The molecule has 2 amide bonds. The quantitative estimate of drug-likeness (QED) is 0.631. The van der Waals surface area contributed by atoms with E-state index in [0.29, 0.717) is 16.0 Å². The number of hydrogen-bond donors (Lipinski definition) is 2. The number of nitrogens with zero attached hydrogens (tertiary/aromatic N) is 1. The van der Waals surface area contributed by atoms with Crippen LogP contribution in [0.3, 0.4) is 0 Å². The van der Waals surface area contributed by atoms with Gasteiger partial charge in [-0.25, -0.2) is 5.43 Å². The lowest BCUT2D eigenvalue weighted by molar-refractivity contribution is -0.120. The van der Waals surface area contributed by atoms with Gasteiger partial charge in [0.2, 0.25) is 0 Å². The molecule has 22 heavy (non-hydrogen) atoms. The number of halogens is 1. The zero-order chi connectivity index (χ0) is 15.9. The molecule has 0 unspecified atom stereocenters. The van der Waals surface area contributed by atoms with Crippen molar-refractivity contribution in [3.05, 3.63) is 58.0 Å². The van der Waals surface area contributed by atoms with Crippen molar-refractivity contribution in [3.8, 4) is 0 Å². The highest BCUT2D eigenvalue weighted by molar-refractivity contribution is 9.10. The fourth-order valence-corrected chi connectivity index (χ4v) is 1.97. The molecule has 0 atom stereocenters. The van der Waals surface area contributed by atoms with Crippen LogP contribution >= 0.6 is 15.9 Å². The van der Waals surface area contributed by atoms with Crippen LogP contribution in [0.25, 0.3) is 0 Å². The van der Waals surface area contributed by atoms with Crippen molar-refractivity contribution < 1.29 is 14.0 Å². The summed E-state index contributed by atoms with van der Waals surface area (Å²) in [5.74, 6) is -0.239. The molecule has 0 radical (unpaired) electrons. The van der Waals surface area contributed by atoms with Gasteiger partial charge in [-0.1, -0.05) is 17.7 Å². The van der Waals surface area contributed by atoms with Crippen molar-refractivity contribution in [2.45, 2.75) is 6.92 Å². The van der Waals surface area contributed by atoms with E-state index in [1.54, 1.807) is 30.3 Å². The first-order valence-corrected chi connectivity index (χ1v) is 7.26. The number of benzene rings is 1. The van der Waals surface area contributed by atoms with Crippen LogP contribution in [0.15, 0.2) is 50.6 Å². The molecule has 1 aromatic heterocycles. The number of amides is 2. The minimum Gasteiger partial charge on any atom is -0.448 e. The number of aryl methyl sites for hydroxylation is 1. The average Bonchev–Trinajstić information content (AvgIpc) is 2.90. The van der Waals surface area contributed by atoms with Crippen LogP contribution in [0.4, 0.5) is 0 Å². The summed E-state index contributed by atoms with van der Waals surface area (Å²) in [5.41, 5.74) is 3.79. The Morgan fingerprint density at radius 1 is 1.32 bits per heavy atom. The summed E-state index contributed by atoms with van der Waals surface area (Å²) >= 11 is 3.16. The van der Waals surface area contributed by atoms with Crippen molar-refractivity contribution in [2.75, 3.05) is 6.54 Å². The van der Waals surface area contributed by atoms with Crippen molar-refractivity contribution >= 4 is 34.0 Å². The Morgan fingerprint density at radius 2 is 2.14 bits per heavy atom. The summed E-state index contributed by atoms with van der Waals surface area (Å²) in [4.78, 5) is 23.4. The molecule has 0 bridgehead atoms. The first kappa shape index (κ1) is 16.0. The number of carbonyl (C=O) groups is 2. The van der Waals surface area contributed by atoms with Crippen molar-refractivity contribution in [2.24, 2.45) is 5.10 Å². The molecule has 7 heteroatoms. The van der Waals surface area contributed by atoms with Crippen LogP contribution in [0.2, 0.25) is 0 Å².